The van der Waals surface area contributed by atoms with E-state index in [0.717, 1.165) is 13.7 Å². The highest BCUT2D eigenvalue weighted by Crippen LogP contribution is 2.22. The fourth-order valence-electron chi connectivity index (χ4n) is 1.85. The third-order valence-corrected chi connectivity index (χ3v) is 4.42. The number of hydrogen-bond donors (Lipinski definition) is 1. The fourth-order valence-corrected chi connectivity index (χ4v) is 2.79. The van der Waals surface area contributed by atoms with Crippen LogP contribution < -0.4 is 5.32 Å². The largest absolute Gasteiger partial charge is 0.322 e. The molecule has 2 rings (SSSR count). The van der Waals surface area contributed by atoms with Gasteiger partial charge in [-0.2, -0.15) is 0 Å². The molecule has 0 saturated heterocycles. The smallest absolute Gasteiger partial charge is 0.256 e. The van der Waals surface area contributed by atoms with Crippen LogP contribution in [0.3, 0.4) is 0 Å². The lowest BCUT2D eigenvalue weighted by Crippen LogP contribution is -2.13. The predicted octanol–water partition coefficient (Wildman–Crippen LogP) is 5.43. The van der Waals surface area contributed by atoms with Crippen molar-refractivity contribution < 1.29 is 4.79 Å². The van der Waals surface area contributed by atoms with Crippen LogP contribution in [0.4, 0.5) is 5.69 Å². The molecular formula is C16H15BrINO. The van der Waals surface area contributed by atoms with Crippen molar-refractivity contribution in [2.45, 2.75) is 19.8 Å². The molecule has 1 N–H and O–H groups in total. The molecule has 0 radical (unpaired) electrons. The van der Waals surface area contributed by atoms with Crippen molar-refractivity contribution in [2.75, 3.05) is 5.32 Å². The van der Waals surface area contributed by atoms with Crippen LogP contribution in [0.5, 0.6) is 0 Å². The molecule has 0 bridgehead atoms. The topological polar surface area (TPSA) is 29.1 Å². The van der Waals surface area contributed by atoms with Crippen LogP contribution in [0.2, 0.25) is 0 Å². The molecule has 2 aromatic rings. The van der Waals surface area contributed by atoms with Gasteiger partial charge in [-0.3, -0.25) is 4.79 Å². The second-order valence-corrected chi connectivity index (χ2v) is 6.94. The van der Waals surface area contributed by atoms with Gasteiger partial charge in [0.25, 0.3) is 5.91 Å². The van der Waals surface area contributed by atoms with Crippen molar-refractivity contribution in [1.29, 1.82) is 0 Å². The molecule has 0 aliphatic carbocycles. The Bertz CT molecular complexity index is 640. The molecule has 0 spiro atoms. The number of rotatable bonds is 3. The molecule has 0 aromatic heterocycles. The van der Waals surface area contributed by atoms with Crippen LogP contribution in [0.1, 0.15) is 35.7 Å². The second-order valence-electron chi connectivity index (χ2n) is 4.86. The van der Waals surface area contributed by atoms with E-state index in [9.17, 15) is 4.79 Å². The maximum Gasteiger partial charge on any atom is 0.256 e. The van der Waals surface area contributed by atoms with Gasteiger partial charge in [-0.1, -0.05) is 41.9 Å². The zero-order valence-corrected chi connectivity index (χ0v) is 15.0. The second kappa shape index (κ2) is 6.72. The number of amides is 1. The minimum Gasteiger partial charge on any atom is -0.322 e. The Labute approximate surface area is 141 Å². The molecule has 4 heteroatoms. The van der Waals surface area contributed by atoms with Crippen LogP contribution in [-0.2, 0) is 0 Å². The molecule has 1 amide bonds. The first kappa shape index (κ1) is 15.5. The molecule has 0 atom stereocenters. The summed E-state index contributed by atoms with van der Waals surface area (Å²) in [5.41, 5.74) is 2.72. The van der Waals surface area contributed by atoms with Crippen molar-refractivity contribution in [2.24, 2.45) is 0 Å². The molecular weight excluding hydrogens is 429 g/mol. The van der Waals surface area contributed by atoms with Crippen molar-refractivity contribution in [1.82, 2.24) is 0 Å². The summed E-state index contributed by atoms with van der Waals surface area (Å²) in [4.78, 5) is 12.3. The Kier molecular flexibility index (Phi) is 5.21. The lowest BCUT2D eigenvalue weighted by atomic mass is 10.0. The number of halogens is 2. The molecule has 0 unspecified atom stereocenters. The molecule has 20 heavy (non-hydrogen) atoms. The highest BCUT2D eigenvalue weighted by atomic mass is 127. The number of carbonyl (C=O) groups is 1. The van der Waals surface area contributed by atoms with Gasteiger partial charge >= 0.3 is 0 Å². The minimum atomic E-state index is -0.0865. The van der Waals surface area contributed by atoms with E-state index in [2.05, 4.69) is 63.8 Å². The van der Waals surface area contributed by atoms with E-state index < -0.39 is 0 Å². The maximum atomic E-state index is 12.3. The van der Waals surface area contributed by atoms with Crippen LogP contribution in [-0.4, -0.2) is 5.91 Å². The Morgan fingerprint density at radius 3 is 2.65 bits per heavy atom. The number of benzene rings is 2. The van der Waals surface area contributed by atoms with Crippen LogP contribution in [0.15, 0.2) is 46.9 Å². The number of hydrogen-bond acceptors (Lipinski definition) is 1. The Hall–Kier alpha value is -0.880. The Morgan fingerprint density at radius 2 is 1.95 bits per heavy atom. The molecule has 0 saturated carbocycles. The number of nitrogens with one attached hydrogen (secondary N) is 1. The van der Waals surface area contributed by atoms with Gasteiger partial charge in [0.05, 0.1) is 5.56 Å². The molecule has 0 heterocycles. The van der Waals surface area contributed by atoms with Crippen molar-refractivity contribution in [3.63, 3.8) is 0 Å². The van der Waals surface area contributed by atoms with E-state index in [0.29, 0.717) is 11.5 Å². The first-order valence-electron chi connectivity index (χ1n) is 6.33. The van der Waals surface area contributed by atoms with Gasteiger partial charge in [-0.15, -0.1) is 0 Å². The zero-order chi connectivity index (χ0) is 14.7. The third kappa shape index (κ3) is 3.82. The van der Waals surface area contributed by atoms with Crippen molar-refractivity contribution in [3.8, 4) is 0 Å². The van der Waals surface area contributed by atoms with Crippen molar-refractivity contribution >= 4 is 50.1 Å². The zero-order valence-electron chi connectivity index (χ0n) is 11.3. The summed E-state index contributed by atoms with van der Waals surface area (Å²) in [6.07, 6.45) is 0. The van der Waals surface area contributed by atoms with Gasteiger partial charge in [0.1, 0.15) is 0 Å². The van der Waals surface area contributed by atoms with Gasteiger partial charge < -0.3 is 5.32 Å². The quantitative estimate of drug-likeness (QED) is 0.629. The standard InChI is InChI=1S/C16H15BrINO/c1-10(2)11-4-3-5-13(8-11)19-16(20)14-9-12(17)6-7-15(14)18/h3-10H,1-2H3,(H,19,20). The molecule has 0 fully saturated rings. The maximum absolute atomic E-state index is 12.3. The van der Waals surface area contributed by atoms with E-state index >= 15 is 0 Å². The van der Waals surface area contributed by atoms with Gasteiger partial charge in [-0.25, -0.2) is 0 Å². The average Bonchev–Trinajstić information content (AvgIpc) is 2.41. The van der Waals surface area contributed by atoms with E-state index in [1.54, 1.807) is 0 Å². The minimum absolute atomic E-state index is 0.0865. The van der Waals surface area contributed by atoms with Gasteiger partial charge in [0, 0.05) is 13.7 Å². The summed E-state index contributed by atoms with van der Waals surface area (Å²) in [5, 5.41) is 2.96. The normalized spacial score (nSPS) is 10.7. The predicted molar refractivity (Wildman–Crippen MR) is 95.3 cm³/mol. The summed E-state index contributed by atoms with van der Waals surface area (Å²) in [6.45, 7) is 4.27. The molecule has 2 aromatic carbocycles. The highest BCUT2D eigenvalue weighted by Gasteiger charge is 2.11. The molecule has 0 aliphatic rings. The first-order valence-corrected chi connectivity index (χ1v) is 8.21. The highest BCUT2D eigenvalue weighted by molar-refractivity contribution is 14.1. The Balaban J connectivity index is 2.23. The third-order valence-electron chi connectivity index (χ3n) is 2.98. The summed E-state index contributed by atoms with van der Waals surface area (Å²) >= 11 is 5.57. The van der Waals surface area contributed by atoms with Crippen LogP contribution in [0, 0.1) is 3.57 Å². The summed E-state index contributed by atoms with van der Waals surface area (Å²) < 4.78 is 1.84. The van der Waals surface area contributed by atoms with E-state index in [4.69, 9.17) is 0 Å². The average molecular weight is 444 g/mol. The molecule has 0 aliphatic heterocycles. The lowest BCUT2D eigenvalue weighted by molar-refractivity contribution is 0.102. The van der Waals surface area contributed by atoms with Gasteiger partial charge in [0.15, 0.2) is 0 Å². The van der Waals surface area contributed by atoms with Gasteiger partial charge in [0.2, 0.25) is 0 Å². The van der Waals surface area contributed by atoms with Crippen LogP contribution in [0.25, 0.3) is 0 Å². The number of anilines is 1. The first-order chi connectivity index (χ1) is 9.47. The summed E-state index contributed by atoms with van der Waals surface area (Å²) in [5.74, 6) is 0.356. The van der Waals surface area contributed by atoms with E-state index in [1.165, 1.54) is 5.56 Å². The fraction of sp³-hybridized carbons (Fsp3) is 0.188. The summed E-state index contributed by atoms with van der Waals surface area (Å²) in [6, 6.07) is 13.7. The van der Waals surface area contributed by atoms with Crippen molar-refractivity contribution in [3.05, 3.63) is 61.6 Å². The van der Waals surface area contributed by atoms with Crippen LogP contribution >= 0.6 is 38.5 Å². The van der Waals surface area contributed by atoms with E-state index in [-0.39, 0.29) is 5.91 Å². The molecule has 104 valence electrons. The SMILES string of the molecule is CC(C)c1cccc(NC(=O)c2cc(Br)ccc2I)c1. The molecule has 2 nitrogen and oxygen atoms in total. The lowest BCUT2D eigenvalue weighted by Gasteiger charge is -2.10. The number of carbonyl (C=O) groups excluding carboxylic acids is 1. The summed E-state index contributed by atoms with van der Waals surface area (Å²) in [7, 11) is 0. The van der Waals surface area contributed by atoms with Gasteiger partial charge in [-0.05, 0) is 64.4 Å². The monoisotopic (exact) mass is 443 g/mol. The Morgan fingerprint density at radius 1 is 1.20 bits per heavy atom. The van der Waals surface area contributed by atoms with E-state index in [1.807, 2.05) is 36.4 Å².